The molecule has 0 bridgehead atoms. The fourth-order valence-corrected chi connectivity index (χ4v) is 4.03. The van der Waals surface area contributed by atoms with E-state index in [4.69, 9.17) is 1.37 Å². The van der Waals surface area contributed by atoms with Crippen molar-refractivity contribution in [3.63, 3.8) is 0 Å². The van der Waals surface area contributed by atoms with Gasteiger partial charge < -0.3 is 10.6 Å². The van der Waals surface area contributed by atoms with Crippen LogP contribution in [0.3, 0.4) is 0 Å². The number of carbonyl (C=O) groups excluding carboxylic acids is 1. The fourth-order valence-electron chi connectivity index (χ4n) is 4.03. The largest absolute Gasteiger partial charge is 0.357 e. The molecule has 2 N–H and O–H groups in total. The van der Waals surface area contributed by atoms with Gasteiger partial charge in [0.15, 0.2) is 0 Å². The van der Waals surface area contributed by atoms with E-state index in [1.165, 1.54) is 11.1 Å². The highest BCUT2D eigenvalue weighted by Crippen LogP contribution is 2.38. The van der Waals surface area contributed by atoms with Gasteiger partial charge in [-0.3, -0.25) is 9.69 Å². The summed E-state index contributed by atoms with van der Waals surface area (Å²) in [5, 5.41) is 6.04. The lowest BCUT2D eigenvalue weighted by atomic mass is 9.87. The number of likely N-dealkylation sites (tertiary alicyclic amines) is 1. The van der Waals surface area contributed by atoms with Crippen LogP contribution in [0.15, 0.2) is 36.6 Å². The predicted molar refractivity (Wildman–Crippen MR) is 81.5 cm³/mol. The summed E-state index contributed by atoms with van der Waals surface area (Å²) in [6.07, 6.45) is 4.08. The predicted octanol–water partition coefficient (Wildman–Crippen LogP) is 1.70. The van der Waals surface area contributed by atoms with Gasteiger partial charge in [-0.1, -0.05) is 30.8 Å². The van der Waals surface area contributed by atoms with Gasteiger partial charge in [0, 0.05) is 19.1 Å². The lowest BCUT2D eigenvalue weighted by Gasteiger charge is -2.34. The number of carbonyl (C=O) groups is 1. The van der Waals surface area contributed by atoms with E-state index in [2.05, 4.69) is 28.2 Å². The number of benzene rings is 1. The first-order valence-corrected chi connectivity index (χ1v) is 7.70. The average molecular weight is 285 g/mol. The van der Waals surface area contributed by atoms with Crippen molar-refractivity contribution in [1.82, 2.24) is 15.5 Å². The zero-order valence-electron chi connectivity index (χ0n) is 13.1. The van der Waals surface area contributed by atoms with Crippen molar-refractivity contribution >= 4 is 5.91 Å². The standard InChI is InChI=1S/C17H21N3O/c1-12-18-16(21)17(19-12)9-10-20(11-17)15-8-4-6-13-5-2-3-7-14(13)15/h2-3,5,7,15,19H,1,4,6,8-11H2,(H,18,21)/i7T. The molecule has 1 aliphatic carbocycles. The van der Waals surface area contributed by atoms with Gasteiger partial charge in [0.25, 0.3) is 5.91 Å². The molecule has 1 aromatic carbocycles. The third-order valence-electron chi connectivity index (χ3n) is 5.06. The fraction of sp³-hybridized carbons (Fsp3) is 0.471. The molecule has 2 unspecified atom stereocenters. The second-order valence-corrected chi connectivity index (χ2v) is 6.38. The SMILES string of the molecule is [3H]c1cccc2c1C(N1CCC3(C1)NC(=C)NC3=O)CCC2. The molecular weight excluding hydrogens is 262 g/mol. The number of nitrogens with zero attached hydrogens (tertiary/aromatic N) is 1. The molecule has 3 aliphatic rings. The Morgan fingerprint density at radius 2 is 2.38 bits per heavy atom. The number of fused-ring (bicyclic) bond motifs is 1. The van der Waals surface area contributed by atoms with Gasteiger partial charge in [-0.25, -0.2) is 0 Å². The Kier molecular flexibility index (Phi) is 2.59. The van der Waals surface area contributed by atoms with E-state index in [1.54, 1.807) is 0 Å². The van der Waals surface area contributed by atoms with E-state index in [1.807, 2.05) is 12.1 Å². The molecule has 110 valence electrons. The summed E-state index contributed by atoms with van der Waals surface area (Å²) < 4.78 is 8.28. The molecule has 1 aromatic rings. The first-order valence-electron chi connectivity index (χ1n) is 8.20. The van der Waals surface area contributed by atoms with Crippen molar-refractivity contribution in [1.29, 1.82) is 0 Å². The summed E-state index contributed by atoms with van der Waals surface area (Å²) in [7, 11) is 0. The topological polar surface area (TPSA) is 44.4 Å². The minimum absolute atomic E-state index is 0.0372. The normalized spacial score (nSPS) is 32.8. The lowest BCUT2D eigenvalue weighted by Crippen LogP contribution is -2.48. The molecule has 4 nitrogen and oxygen atoms in total. The van der Waals surface area contributed by atoms with Crippen LogP contribution in [0.1, 0.15) is 37.8 Å². The van der Waals surface area contributed by atoms with Crippen LogP contribution < -0.4 is 10.6 Å². The summed E-state index contributed by atoms with van der Waals surface area (Å²) in [4.78, 5) is 14.6. The van der Waals surface area contributed by atoms with E-state index in [-0.39, 0.29) is 11.9 Å². The van der Waals surface area contributed by atoms with Crippen LogP contribution in [0.2, 0.25) is 0 Å². The molecule has 0 aromatic heterocycles. The molecule has 0 saturated carbocycles. The highest BCUT2D eigenvalue weighted by Gasteiger charge is 2.50. The number of rotatable bonds is 1. The van der Waals surface area contributed by atoms with Crippen LogP contribution in [0.5, 0.6) is 0 Å². The van der Waals surface area contributed by atoms with Gasteiger partial charge in [-0.05, 0) is 36.8 Å². The molecule has 2 fully saturated rings. The number of hydrogen-bond donors (Lipinski definition) is 2. The number of aryl methyl sites for hydroxylation is 1. The van der Waals surface area contributed by atoms with Crippen molar-refractivity contribution in [2.45, 2.75) is 37.3 Å². The van der Waals surface area contributed by atoms with Gasteiger partial charge in [-0.2, -0.15) is 0 Å². The van der Waals surface area contributed by atoms with Crippen molar-refractivity contribution in [3.05, 3.63) is 47.8 Å². The van der Waals surface area contributed by atoms with E-state index < -0.39 is 5.54 Å². The lowest BCUT2D eigenvalue weighted by molar-refractivity contribution is -0.123. The van der Waals surface area contributed by atoms with Gasteiger partial charge >= 0.3 is 0 Å². The van der Waals surface area contributed by atoms with Crippen molar-refractivity contribution in [2.75, 3.05) is 13.1 Å². The Balaban J connectivity index is 1.63. The van der Waals surface area contributed by atoms with E-state index in [0.717, 1.165) is 32.2 Å². The molecule has 2 saturated heterocycles. The maximum Gasteiger partial charge on any atom is 0.252 e. The summed E-state index contributed by atoms with van der Waals surface area (Å²) in [5.74, 6) is 0.646. The summed E-state index contributed by atoms with van der Waals surface area (Å²) in [5.41, 5.74) is 1.95. The first kappa shape index (κ1) is 11.8. The van der Waals surface area contributed by atoms with Crippen LogP contribution in [0.25, 0.3) is 0 Å². The second kappa shape index (κ2) is 4.60. The Morgan fingerprint density at radius 3 is 3.19 bits per heavy atom. The molecular formula is C17H21N3O. The molecule has 1 amide bonds. The second-order valence-electron chi connectivity index (χ2n) is 6.38. The summed E-state index contributed by atoms with van der Waals surface area (Å²) in [6.45, 7) is 5.39. The molecule has 0 radical (unpaired) electrons. The van der Waals surface area contributed by atoms with Crippen LogP contribution in [0, 0.1) is 0 Å². The quantitative estimate of drug-likeness (QED) is 0.825. The van der Waals surface area contributed by atoms with E-state index >= 15 is 0 Å². The summed E-state index contributed by atoms with van der Waals surface area (Å²) in [6, 6.07) is 6.90. The zero-order chi connectivity index (χ0) is 15.3. The van der Waals surface area contributed by atoms with Gasteiger partial charge in [0.1, 0.15) is 5.54 Å². The monoisotopic (exact) mass is 285 g/mol. The Bertz CT molecular complexity index is 659. The Labute approximate surface area is 126 Å². The van der Waals surface area contributed by atoms with Crippen LogP contribution in [-0.4, -0.2) is 29.4 Å². The van der Waals surface area contributed by atoms with E-state index in [9.17, 15) is 4.79 Å². The molecule has 1 spiro atoms. The maximum atomic E-state index is 12.3. The third-order valence-corrected chi connectivity index (χ3v) is 5.06. The van der Waals surface area contributed by atoms with E-state index in [0.29, 0.717) is 18.4 Å². The molecule has 4 heteroatoms. The molecule has 2 heterocycles. The smallest absolute Gasteiger partial charge is 0.252 e. The van der Waals surface area contributed by atoms with Gasteiger partial charge in [0.2, 0.25) is 0 Å². The minimum Gasteiger partial charge on any atom is -0.357 e. The van der Waals surface area contributed by atoms with Gasteiger partial charge in [-0.15, -0.1) is 0 Å². The average Bonchev–Trinajstić information content (AvgIpc) is 3.03. The Morgan fingerprint density at radius 1 is 1.48 bits per heavy atom. The van der Waals surface area contributed by atoms with Crippen LogP contribution in [-0.2, 0) is 11.2 Å². The third kappa shape index (κ3) is 1.97. The highest BCUT2D eigenvalue weighted by molar-refractivity contribution is 5.91. The van der Waals surface area contributed by atoms with Crippen molar-refractivity contribution in [3.8, 4) is 0 Å². The number of amides is 1. The first-order chi connectivity index (χ1) is 10.6. The number of hydrogen-bond acceptors (Lipinski definition) is 3. The van der Waals surface area contributed by atoms with Crippen molar-refractivity contribution < 1.29 is 6.17 Å². The summed E-state index contributed by atoms with van der Waals surface area (Å²) >= 11 is 0. The van der Waals surface area contributed by atoms with Crippen LogP contribution in [0.4, 0.5) is 0 Å². The van der Waals surface area contributed by atoms with Gasteiger partial charge in [0.05, 0.1) is 7.19 Å². The molecule has 21 heavy (non-hydrogen) atoms. The van der Waals surface area contributed by atoms with Crippen LogP contribution >= 0.6 is 0 Å². The molecule has 4 rings (SSSR count). The zero-order valence-corrected chi connectivity index (χ0v) is 12.1. The minimum atomic E-state index is -0.522. The number of nitrogens with one attached hydrogen (secondary N) is 2. The highest BCUT2D eigenvalue weighted by atomic mass is 16.2. The van der Waals surface area contributed by atoms with Crippen molar-refractivity contribution in [2.24, 2.45) is 0 Å². The Hall–Kier alpha value is -1.81. The molecule has 2 aliphatic heterocycles. The maximum absolute atomic E-state index is 12.3. The molecule has 2 atom stereocenters.